The summed E-state index contributed by atoms with van der Waals surface area (Å²) in [7, 11) is 0. The van der Waals surface area contributed by atoms with E-state index in [9.17, 15) is 14.9 Å². The van der Waals surface area contributed by atoms with Crippen LogP contribution in [0.1, 0.15) is 63.9 Å². The number of nitro benzene ring substituents is 1. The number of nitrogens with zero attached hydrogens (tertiary/aromatic N) is 1. The fraction of sp³-hybridized carbons (Fsp3) is 0.526. The molecule has 1 amide bonds. The molecular weight excluding hydrogens is 304 g/mol. The Hall–Kier alpha value is -2.17. The highest BCUT2D eigenvalue weighted by molar-refractivity contribution is 5.92. The summed E-state index contributed by atoms with van der Waals surface area (Å²) in [5.74, 6) is -0.212. The number of nitrogens with one attached hydrogen (secondary N) is 1. The number of benzene rings is 1. The average molecular weight is 332 g/mol. The molecule has 132 valence electrons. The second-order valence-corrected chi connectivity index (χ2v) is 5.92. The van der Waals surface area contributed by atoms with Gasteiger partial charge >= 0.3 is 0 Å². The van der Waals surface area contributed by atoms with Crippen LogP contribution in [0.3, 0.4) is 0 Å². The standard InChI is InChI=1S/C19H28N2O3/c1-2-3-4-5-6-7-8-11-16-20-19(22)15-14-17-12-9-10-13-18(17)21(23)24/h9-10,12-15H,2-8,11,16H2,1H3,(H,20,22). The minimum atomic E-state index is -0.446. The summed E-state index contributed by atoms with van der Waals surface area (Å²) in [6, 6.07) is 6.38. The first-order valence-corrected chi connectivity index (χ1v) is 8.84. The quantitative estimate of drug-likeness (QED) is 0.257. The van der Waals surface area contributed by atoms with Crippen LogP contribution in [0.15, 0.2) is 30.3 Å². The van der Waals surface area contributed by atoms with Gasteiger partial charge in [0.25, 0.3) is 5.69 Å². The third-order valence-electron chi connectivity index (χ3n) is 3.88. The molecule has 0 spiro atoms. The molecule has 0 atom stereocenters. The molecule has 0 radical (unpaired) electrons. The van der Waals surface area contributed by atoms with Crippen LogP contribution in [0, 0.1) is 10.1 Å². The molecule has 0 unspecified atom stereocenters. The molecule has 5 heteroatoms. The molecule has 1 N–H and O–H groups in total. The molecule has 0 heterocycles. The van der Waals surface area contributed by atoms with E-state index in [0.29, 0.717) is 12.1 Å². The zero-order valence-electron chi connectivity index (χ0n) is 14.5. The van der Waals surface area contributed by atoms with Crippen molar-refractivity contribution >= 4 is 17.7 Å². The van der Waals surface area contributed by atoms with Crippen molar-refractivity contribution in [2.75, 3.05) is 6.54 Å². The summed E-state index contributed by atoms with van der Waals surface area (Å²) in [6.45, 7) is 2.86. The summed E-state index contributed by atoms with van der Waals surface area (Å²) in [6.07, 6.45) is 12.6. The molecule has 0 aliphatic carbocycles. The highest BCUT2D eigenvalue weighted by atomic mass is 16.6. The number of hydrogen-bond donors (Lipinski definition) is 1. The second-order valence-electron chi connectivity index (χ2n) is 5.92. The Labute approximate surface area is 144 Å². The highest BCUT2D eigenvalue weighted by Crippen LogP contribution is 2.18. The summed E-state index contributed by atoms with van der Waals surface area (Å²) >= 11 is 0. The molecular formula is C19H28N2O3. The van der Waals surface area contributed by atoms with Gasteiger partial charge in [-0.2, -0.15) is 0 Å². The van der Waals surface area contributed by atoms with Crippen molar-refractivity contribution in [3.8, 4) is 0 Å². The van der Waals surface area contributed by atoms with E-state index in [1.54, 1.807) is 18.2 Å². The van der Waals surface area contributed by atoms with Crippen LogP contribution in [0.2, 0.25) is 0 Å². The summed E-state index contributed by atoms with van der Waals surface area (Å²) < 4.78 is 0. The number of nitro groups is 1. The van der Waals surface area contributed by atoms with Crippen LogP contribution < -0.4 is 5.32 Å². The van der Waals surface area contributed by atoms with Crippen molar-refractivity contribution in [1.82, 2.24) is 5.32 Å². The molecule has 0 fully saturated rings. The van der Waals surface area contributed by atoms with Gasteiger partial charge in [0, 0.05) is 18.7 Å². The van der Waals surface area contributed by atoms with Gasteiger partial charge in [-0.3, -0.25) is 14.9 Å². The molecule has 1 aromatic rings. The maximum Gasteiger partial charge on any atom is 0.276 e. The lowest BCUT2D eigenvalue weighted by molar-refractivity contribution is -0.385. The van der Waals surface area contributed by atoms with E-state index in [2.05, 4.69) is 12.2 Å². The van der Waals surface area contributed by atoms with Gasteiger partial charge in [0.05, 0.1) is 10.5 Å². The maximum absolute atomic E-state index is 11.7. The lowest BCUT2D eigenvalue weighted by atomic mass is 10.1. The van der Waals surface area contributed by atoms with Gasteiger partial charge in [0.15, 0.2) is 0 Å². The lowest BCUT2D eigenvalue weighted by Crippen LogP contribution is -2.21. The van der Waals surface area contributed by atoms with Crippen molar-refractivity contribution in [3.05, 3.63) is 46.0 Å². The van der Waals surface area contributed by atoms with Crippen LogP contribution in [0.4, 0.5) is 5.69 Å². The van der Waals surface area contributed by atoms with Gasteiger partial charge < -0.3 is 5.32 Å². The summed E-state index contributed by atoms with van der Waals surface area (Å²) in [4.78, 5) is 22.2. The Morgan fingerprint density at radius 1 is 1.08 bits per heavy atom. The van der Waals surface area contributed by atoms with Gasteiger partial charge in [0.2, 0.25) is 5.91 Å². The number of para-hydroxylation sites is 1. The van der Waals surface area contributed by atoms with Gasteiger partial charge in [-0.25, -0.2) is 0 Å². The largest absolute Gasteiger partial charge is 0.353 e. The highest BCUT2D eigenvalue weighted by Gasteiger charge is 2.09. The van der Waals surface area contributed by atoms with Crippen molar-refractivity contribution in [2.45, 2.75) is 58.3 Å². The zero-order chi connectivity index (χ0) is 17.6. The number of hydrogen-bond acceptors (Lipinski definition) is 3. The Balaban J connectivity index is 2.19. The summed E-state index contributed by atoms with van der Waals surface area (Å²) in [5, 5.41) is 13.7. The van der Waals surface area contributed by atoms with Crippen LogP contribution in [0.5, 0.6) is 0 Å². The van der Waals surface area contributed by atoms with Crippen LogP contribution in [0.25, 0.3) is 6.08 Å². The Bertz CT molecular complexity index is 541. The molecule has 5 nitrogen and oxygen atoms in total. The minimum Gasteiger partial charge on any atom is -0.353 e. The topological polar surface area (TPSA) is 72.2 Å². The van der Waals surface area contributed by atoms with Gasteiger partial charge in [-0.05, 0) is 18.6 Å². The van der Waals surface area contributed by atoms with E-state index in [-0.39, 0.29) is 11.6 Å². The number of rotatable bonds is 12. The van der Waals surface area contributed by atoms with E-state index >= 15 is 0 Å². The first kappa shape index (κ1) is 19.9. The summed E-state index contributed by atoms with van der Waals surface area (Å²) in [5.41, 5.74) is 0.439. The predicted molar refractivity (Wildman–Crippen MR) is 97.8 cm³/mol. The van der Waals surface area contributed by atoms with E-state index < -0.39 is 4.92 Å². The molecule has 1 rings (SSSR count). The molecule has 0 saturated heterocycles. The smallest absolute Gasteiger partial charge is 0.276 e. The fourth-order valence-electron chi connectivity index (χ4n) is 2.49. The normalized spacial score (nSPS) is 10.9. The third-order valence-corrected chi connectivity index (χ3v) is 3.88. The first-order chi connectivity index (χ1) is 11.6. The van der Waals surface area contributed by atoms with E-state index in [1.807, 2.05) is 0 Å². The minimum absolute atomic E-state index is 0.00428. The lowest BCUT2D eigenvalue weighted by Gasteiger charge is -2.03. The van der Waals surface area contributed by atoms with E-state index in [1.165, 1.54) is 56.7 Å². The Kier molecular flexibility index (Phi) is 10.2. The van der Waals surface area contributed by atoms with Crippen molar-refractivity contribution in [1.29, 1.82) is 0 Å². The molecule has 0 aliphatic heterocycles. The Morgan fingerprint density at radius 2 is 1.71 bits per heavy atom. The predicted octanol–water partition coefficient (Wildman–Crippen LogP) is 4.86. The molecule has 0 aromatic heterocycles. The average Bonchev–Trinajstić information content (AvgIpc) is 2.58. The number of unbranched alkanes of at least 4 members (excludes halogenated alkanes) is 7. The SMILES string of the molecule is CCCCCCCCCCNC(=O)C=Cc1ccccc1[N+](=O)[O-]. The Morgan fingerprint density at radius 3 is 2.38 bits per heavy atom. The van der Waals surface area contributed by atoms with Crippen molar-refractivity contribution in [3.63, 3.8) is 0 Å². The molecule has 0 saturated carbocycles. The van der Waals surface area contributed by atoms with Gasteiger partial charge in [0.1, 0.15) is 0 Å². The maximum atomic E-state index is 11.7. The number of amides is 1. The van der Waals surface area contributed by atoms with E-state index in [4.69, 9.17) is 0 Å². The molecule has 1 aromatic carbocycles. The number of carbonyl (C=O) groups excluding carboxylic acids is 1. The first-order valence-electron chi connectivity index (χ1n) is 8.84. The van der Waals surface area contributed by atoms with Crippen LogP contribution >= 0.6 is 0 Å². The van der Waals surface area contributed by atoms with Gasteiger partial charge in [-0.1, -0.05) is 64.0 Å². The third kappa shape index (κ3) is 8.46. The van der Waals surface area contributed by atoms with Crippen molar-refractivity contribution in [2.24, 2.45) is 0 Å². The molecule has 24 heavy (non-hydrogen) atoms. The monoisotopic (exact) mass is 332 g/mol. The van der Waals surface area contributed by atoms with Crippen LogP contribution in [-0.2, 0) is 4.79 Å². The fourth-order valence-corrected chi connectivity index (χ4v) is 2.49. The zero-order valence-corrected chi connectivity index (χ0v) is 14.5. The van der Waals surface area contributed by atoms with Crippen molar-refractivity contribution < 1.29 is 9.72 Å². The second kappa shape index (κ2) is 12.3. The molecule has 0 bridgehead atoms. The van der Waals surface area contributed by atoms with Gasteiger partial charge in [-0.15, -0.1) is 0 Å². The number of carbonyl (C=O) groups is 1. The van der Waals surface area contributed by atoms with Crippen LogP contribution in [-0.4, -0.2) is 17.4 Å². The van der Waals surface area contributed by atoms with E-state index in [0.717, 1.165) is 12.8 Å². The molecule has 0 aliphatic rings.